The van der Waals surface area contributed by atoms with Gasteiger partial charge in [-0.15, -0.1) is 0 Å². The van der Waals surface area contributed by atoms with Crippen LogP contribution in [0.4, 0.5) is 4.39 Å². The van der Waals surface area contributed by atoms with Crippen LogP contribution in [0.15, 0.2) is 42.5 Å². The van der Waals surface area contributed by atoms with Gasteiger partial charge in [0.25, 0.3) is 0 Å². The summed E-state index contributed by atoms with van der Waals surface area (Å²) in [5.41, 5.74) is 3.13. The summed E-state index contributed by atoms with van der Waals surface area (Å²) in [5, 5.41) is 13.0. The Hall–Kier alpha value is -1.87. The van der Waals surface area contributed by atoms with Gasteiger partial charge in [-0.25, -0.2) is 4.39 Å². The van der Waals surface area contributed by atoms with Crippen molar-refractivity contribution >= 4 is 0 Å². The van der Waals surface area contributed by atoms with Crippen LogP contribution in [-0.4, -0.2) is 11.7 Å². The highest BCUT2D eigenvalue weighted by Gasteiger charge is 2.01. The van der Waals surface area contributed by atoms with Crippen molar-refractivity contribution in [2.75, 3.05) is 6.54 Å². The Labute approximate surface area is 112 Å². The van der Waals surface area contributed by atoms with Crippen molar-refractivity contribution in [2.24, 2.45) is 0 Å². The van der Waals surface area contributed by atoms with Crippen LogP contribution in [0.25, 0.3) is 0 Å². The van der Waals surface area contributed by atoms with Crippen molar-refractivity contribution in [1.82, 2.24) is 5.32 Å². The van der Waals surface area contributed by atoms with Gasteiger partial charge in [-0.3, -0.25) is 0 Å². The number of rotatable bonds is 5. The number of hydrogen-bond donors (Lipinski definition) is 2. The number of aromatic hydroxyl groups is 1. The van der Waals surface area contributed by atoms with Gasteiger partial charge in [-0.05, 0) is 43.7 Å². The third-order valence-corrected chi connectivity index (χ3v) is 3.05. The molecule has 2 rings (SSSR count). The maximum Gasteiger partial charge on any atom is 0.123 e. The monoisotopic (exact) mass is 259 g/mol. The summed E-state index contributed by atoms with van der Waals surface area (Å²) in [5.74, 6) is 0.112. The summed E-state index contributed by atoms with van der Waals surface area (Å²) in [6.45, 7) is 3.43. The second-order valence-corrected chi connectivity index (χ2v) is 4.69. The Bertz CT molecular complexity index is 537. The largest absolute Gasteiger partial charge is 0.508 e. The number of nitrogens with one attached hydrogen (secondary N) is 1. The van der Waals surface area contributed by atoms with Crippen molar-refractivity contribution in [3.63, 3.8) is 0 Å². The van der Waals surface area contributed by atoms with E-state index < -0.39 is 0 Å². The molecule has 2 nitrogen and oxygen atoms in total. The fraction of sp³-hybridized carbons (Fsp3) is 0.250. The lowest BCUT2D eigenvalue weighted by atomic mass is 10.1. The summed E-state index contributed by atoms with van der Waals surface area (Å²) in [7, 11) is 0. The van der Waals surface area contributed by atoms with E-state index in [1.54, 1.807) is 18.2 Å². The molecule has 0 aliphatic rings. The van der Waals surface area contributed by atoms with Gasteiger partial charge < -0.3 is 10.4 Å². The SMILES string of the molecule is Cc1ccc(O)c(CNCCc2ccc(F)cc2)c1. The molecule has 0 saturated carbocycles. The van der Waals surface area contributed by atoms with E-state index in [0.717, 1.165) is 29.7 Å². The number of aryl methyl sites for hydroxylation is 1. The van der Waals surface area contributed by atoms with Gasteiger partial charge in [-0.2, -0.15) is 0 Å². The van der Waals surface area contributed by atoms with E-state index in [9.17, 15) is 9.50 Å². The van der Waals surface area contributed by atoms with Crippen LogP contribution in [0.1, 0.15) is 16.7 Å². The van der Waals surface area contributed by atoms with E-state index in [0.29, 0.717) is 12.3 Å². The molecule has 0 aliphatic carbocycles. The zero-order valence-corrected chi connectivity index (χ0v) is 11.0. The van der Waals surface area contributed by atoms with Crippen LogP contribution in [-0.2, 0) is 13.0 Å². The zero-order valence-electron chi connectivity index (χ0n) is 11.0. The first-order valence-corrected chi connectivity index (χ1v) is 6.39. The number of benzene rings is 2. The van der Waals surface area contributed by atoms with Crippen molar-refractivity contribution in [2.45, 2.75) is 19.9 Å². The van der Waals surface area contributed by atoms with Gasteiger partial charge in [0.1, 0.15) is 11.6 Å². The number of halogens is 1. The molecular weight excluding hydrogens is 241 g/mol. The second-order valence-electron chi connectivity index (χ2n) is 4.69. The molecule has 19 heavy (non-hydrogen) atoms. The Morgan fingerprint density at radius 3 is 2.58 bits per heavy atom. The van der Waals surface area contributed by atoms with E-state index in [2.05, 4.69) is 5.32 Å². The molecule has 0 unspecified atom stereocenters. The van der Waals surface area contributed by atoms with Gasteiger partial charge in [0, 0.05) is 12.1 Å². The van der Waals surface area contributed by atoms with E-state index in [4.69, 9.17) is 0 Å². The molecule has 0 aromatic heterocycles. The number of phenolic OH excluding ortho intramolecular Hbond substituents is 1. The van der Waals surface area contributed by atoms with E-state index >= 15 is 0 Å². The molecule has 2 N–H and O–H groups in total. The minimum Gasteiger partial charge on any atom is -0.508 e. The molecule has 0 bridgehead atoms. The molecule has 0 spiro atoms. The minimum absolute atomic E-state index is 0.207. The van der Waals surface area contributed by atoms with Gasteiger partial charge in [-0.1, -0.05) is 29.8 Å². The molecule has 0 atom stereocenters. The smallest absolute Gasteiger partial charge is 0.123 e. The molecule has 2 aromatic rings. The van der Waals surface area contributed by atoms with Crippen molar-refractivity contribution in [1.29, 1.82) is 0 Å². The first-order chi connectivity index (χ1) is 9.15. The maximum absolute atomic E-state index is 12.7. The van der Waals surface area contributed by atoms with Gasteiger partial charge in [0.15, 0.2) is 0 Å². The molecule has 3 heteroatoms. The summed E-state index contributed by atoms with van der Waals surface area (Å²) in [4.78, 5) is 0. The Balaban J connectivity index is 1.80. The fourth-order valence-corrected chi connectivity index (χ4v) is 1.96. The fourth-order valence-electron chi connectivity index (χ4n) is 1.96. The molecular formula is C16H18FNO. The first kappa shape index (κ1) is 13.6. The van der Waals surface area contributed by atoms with E-state index in [-0.39, 0.29) is 5.82 Å². The third kappa shape index (κ3) is 4.07. The molecule has 0 amide bonds. The first-order valence-electron chi connectivity index (χ1n) is 6.39. The van der Waals surface area contributed by atoms with Crippen LogP contribution in [0.3, 0.4) is 0 Å². The molecule has 0 radical (unpaired) electrons. The molecule has 0 fully saturated rings. The quantitative estimate of drug-likeness (QED) is 0.808. The number of phenols is 1. The lowest BCUT2D eigenvalue weighted by Crippen LogP contribution is -2.16. The molecule has 0 aliphatic heterocycles. The predicted molar refractivity (Wildman–Crippen MR) is 74.7 cm³/mol. The lowest BCUT2D eigenvalue weighted by molar-refractivity contribution is 0.464. The predicted octanol–water partition coefficient (Wildman–Crippen LogP) is 3.17. The summed E-state index contributed by atoms with van der Waals surface area (Å²) >= 11 is 0. The topological polar surface area (TPSA) is 32.3 Å². The highest BCUT2D eigenvalue weighted by atomic mass is 19.1. The average molecular weight is 259 g/mol. The van der Waals surface area contributed by atoms with Gasteiger partial charge >= 0.3 is 0 Å². The highest BCUT2D eigenvalue weighted by molar-refractivity contribution is 5.35. The van der Waals surface area contributed by atoms with E-state index in [1.165, 1.54) is 12.1 Å². The van der Waals surface area contributed by atoms with Crippen LogP contribution >= 0.6 is 0 Å². The Kier molecular flexibility index (Phi) is 4.53. The van der Waals surface area contributed by atoms with Crippen molar-refractivity contribution < 1.29 is 9.50 Å². The van der Waals surface area contributed by atoms with Crippen LogP contribution in [0, 0.1) is 12.7 Å². The molecule has 100 valence electrons. The summed E-state index contributed by atoms with van der Waals surface area (Å²) < 4.78 is 12.7. The van der Waals surface area contributed by atoms with Crippen LogP contribution in [0.5, 0.6) is 5.75 Å². The highest BCUT2D eigenvalue weighted by Crippen LogP contribution is 2.17. The van der Waals surface area contributed by atoms with Gasteiger partial charge in [0.2, 0.25) is 0 Å². The third-order valence-electron chi connectivity index (χ3n) is 3.05. The van der Waals surface area contributed by atoms with Crippen molar-refractivity contribution in [3.05, 3.63) is 65.0 Å². The molecule has 0 saturated heterocycles. The lowest BCUT2D eigenvalue weighted by Gasteiger charge is -2.08. The Morgan fingerprint density at radius 1 is 1.11 bits per heavy atom. The summed E-state index contributed by atoms with van der Waals surface area (Å²) in [6.07, 6.45) is 0.840. The standard InChI is InChI=1S/C16H18FNO/c1-12-2-7-16(19)14(10-12)11-18-9-8-13-3-5-15(17)6-4-13/h2-7,10,18-19H,8-9,11H2,1H3. The second kappa shape index (κ2) is 6.34. The van der Waals surface area contributed by atoms with Crippen LogP contribution in [0.2, 0.25) is 0 Å². The average Bonchev–Trinajstić information content (AvgIpc) is 2.40. The minimum atomic E-state index is -0.207. The Morgan fingerprint density at radius 2 is 1.84 bits per heavy atom. The molecule has 2 aromatic carbocycles. The normalized spacial score (nSPS) is 10.6. The zero-order chi connectivity index (χ0) is 13.7. The maximum atomic E-state index is 12.7. The number of hydrogen-bond acceptors (Lipinski definition) is 2. The van der Waals surface area contributed by atoms with E-state index in [1.807, 2.05) is 19.1 Å². The molecule has 0 heterocycles. The van der Waals surface area contributed by atoms with Gasteiger partial charge in [0.05, 0.1) is 0 Å². The van der Waals surface area contributed by atoms with Crippen molar-refractivity contribution in [3.8, 4) is 5.75 Å². The summed E-state index contributed by atoms with van der Waals surface area (Å²) in [6, 6.07) is 12.1. The van der Waals surface area contributed by atoms with Crippen LogP contribution < -0.4 is 5.32 Å².